The molecular formula is C31H35N3O2. The van der Waals surface area contributed by atoms with E-state index in [1.165, 1.54) is 5.56 Å². The zero-order chi connectivity index (χ0) is 25.2. The van der Waals surface area contributed by atoms with Gasteiger partial charge in [0.2, 0.25) is 5.91 Å². The molecule has 5 heteroatoms. The SMILES string of the molecule is CCC(C)c1ccccc1OCCn1c(CCCNC(=O)/C=C/c2ccccc2)nc2ccccc21. The molecule has 1 aromatic heterocycles. The van der Waals surface area contributed by atoms with Crippen molar-refractivity contribution in [3.8, 4) is 5.75 Å². The Labute approximate surface area is 213 Å². The Balaban J connectivity index is 1.35. The second-order valence-electron chi connectivity index (χ2n) is 9.00. The zero-order valence-corrected chi connectivity index (χ0v) is 21.2. The molecule has 0 aliphatic rings. The first kappa shape index (κ1) is 25.2. The number of amides is 1. The second-order valence-corrected chi connectivity index (χ2v) is 9.00. The number of aryl methyl sites for hydroxylation is 1. The van der Waals surface area contributed by atoms with Crippen LogP contribution in [0.3, 0.4) is 0 Å². The van der Waals surface area contributed by atoms with Gasteiger partial charge in [0.1, 0.15) is 18.2 Å². The Bertz CT molecular complexity index is 1290. The molecule has 1 atom stereocenters. The molecule has 36 heavy (non-hydrogen) atoms. The number of carbonyl (C=O) groups is 1. The van der Waals surface area contributed by atoms with E-state index in [1.54, 1.807) is 6.08 Å². The second kappa shape index (κ2) is 12.7. The van der Waals surface area contributed by atoms with E-state index >= 15 is 0 Å². The van der Waals surface area contributed by atoms with E-state index < -0.39 is 0 Å². The Morgan fingerprint density at radius 3 is 2.61 bits per heavy atom. The number of hydrogen-bond acceptors (Lipinski definition) is 3. The molecule has 5 nitrogen and oxygen atoms in total. The van der Waals surface area contributed by atoms with Crippen LogP contribution in [0.5, 0.6) is 5.75 Å². The number of nitrogens with one attached hydrogen (secondary N) is 1. The Kier molecular flexibility index (Phi) is 8.92. The first-order chi connectivity index (χ1) is 17.7. The number of nitrogens with zero attached hydrogens (tertiary/aromatic N) is 2. The molecule has 3 aromatic carbocycles. The molecule has 0 saturated carbocycles. The van der Waals surface area contributed by atoms with Gasteiger partial charge in [-0.1, -0.05) is 74.5 Å². The summed E-state index contributed by atoms with van der Waals surface area (Å²) in [5.74, 6) is 2.36. The Hall–Kier alpha value is -3.86. The highest BCUT2D eigenvalue weighted by molar-refractivity contribution is 5.91. The van der Waals surface area contributed by atoms with Gasteiger partial charge in [-0.15, -0.1) is 0 Å². The maximum Gasteiger partial charge on any atom is 0.243 e. The predicted octanol–water partition coefficient (Wildman–Crippen LogP) is 6.39. The number of aromatic nitrogens is 2. The lowest BCUT2D eigenvalue weighted by Crippen LogP contribution is -2.23. The number of benzene rings is 3. The molecule has 0 saturated heterocycles. The topological polar surface area (TPSA) is 56.1 Å². The summed E-state index contributed by atoms with van der Waals surface area (Å²) in [6.45, 7) is 6.33. The molecule has 0 aliphatic heterocycles. The first-order valence-electron chi connectivity index (χ1n) is 12.8. The van der Waals surface area contributed by atoms with E-state index in [9.17, 15) is 4.79 Å². The van der Waals surface area contributed by atoms with Gasteiger partial charge in [0.25, 0.3) is 0 Å². The fourth-order valence-corrected chi connectivity index (χ4v) is 4.30. The number of rotatable bonds is 12. The number of fused-ring (bicyclic) bond motifs is 1. The van der Waals surface area contributed by atoms with Gasteiger partial charge in [0.15, 0.2) is 0 Å². The van der Waals surface area contributed by atoms with Crippen LogP contribution in [0.1, 0.15) is 49.6 Å². The number of imidazole rings is 1. The van der Waals surface area contributed by atoms with Crippen LogP contribution in [-0.4, -0.2) is 28.6 Å². The largest absolute Gasteiger partial charge is 0.491 e. The van der Waals surface area contributed by atoms with Gasteiger partial charge < -0.3 is 14.6 Å². The predicted molar refractivity (Wildman–Crippen MR) is 147 cm³/mol. The number of para-hydroxylation sites is 3. The summed E-state index contributed by atoms with van der Waals surface area (Å²) in [4.78, 5) is 17.0. The summed E-state index contributed by atoms with van der Waals surface area (Å²) < 4.78 is 8.49. The van der Waals surface area contributed by atoms with Crippen molar-refractivity contribution in [3.05, 3.63) is 102 Å². The maximum atomic E-state index is 12.2. The molecule has 1 unspecified atom stereocenters. The molecule has 1 heterocycles. The molecule has 0 bridgehead atoms. The van der Waals surface area contributed by atoms with E-state index in [4.69, 9.17) is 9.72 Å². The van der Waals surface area contributed by atoms with Crippen LogP contribution in [0.25, 0.3) is 17.1 Å². The summed E-state index contributed by atoms with van der Waals surface area (Å²) >= 11 is 0. The molecule has 186 valence electrons. The molecule has 0 fully saturated rings. The minimum Gasteiger partial charge on any atom is -0.491 e. The zero-order valence-electron chi connectivity index (χ0n) is 21.2. The van der Waals surface area contributed by atoms with E-state index in [1.807, 2.05) is 60.7 Å². The van der Waals surface area contributed by atoms with Crippen molar-refractivity contribution >= 4 is 23.0 Å². The van der Waals surface area contributed by atoms with Crippen LogP contribution >= 0.6 is 0 Å². The van der Waals surface area contributed by atoms with Gasteiger partial charge in [-0.25, -0.2) is 4.98 Å². The monoisotopic (exact) mass is 481 g/mol. The van der Waals surface area contributed by atoms with Crippen molar-refractivity contribution in [2.45, 2.75) is 45.6 Å². The van der Waals surface area contributed by atoms with Gasteiger partial charge in [0, 0.05) is 19.0 Å². The van der Waals surface area contributed by atoms with Crippen molar-refractivity contribution < 1.29 is 9.53 Å². The quantitative estimate of drug-likeness (QED) is 0.188. The molecule has 0 radical (unpaired) electrons. The summed E-state index contributed by atoms with van der Waals surface area (Å²) in [5, 5.41) is 2.98. The Morgan fingerprint density at radius 1 is 1.03 bits per heavy atom. The van der Waals surface area contributed by atoms with Crippen LogP contribution in [-0.2, 0) is 17.8 Å². The van der Waals surface area contributed by atoms with Crippen LogP contribution in [0.2, 0.25) is 0 Å². The van der Waals surface area contributed by atoms with E-state index in [0.717, 1.165) is 54.0 Å². The first-order valence-corrected chi connectivity index (χ1v) is 12.8. The van der Waals surface area contributed by atoms with Crippen LogP contribution < -0.4 is 10.1 Å². The van der Waals surface area contributed by atoms with E-state index in [-0.39, 0.29) is 5.91 Å². The lowest BCUT2D eigenvalue weighted by Gasteiger charge is -2.16. The van der Waals surface area contributed by atoms with Gasteiger partial charge in [-0.2, -0.15) is 0 Å². The third kappa shape index (κ3) is 6.63. The summed E-state index contributed by atoms with van der Waals surface area (Å²) in [6.07, 6.45) is 6.08. The highest BCUT2D eigenvalue weighted by Gasteiger charge is 2.12. The molecule has 4 rings (SSSR count). The van der Waals surface area contributed by atoms with Crippen LogP contribution in [0, 0.1) is 0 Å². The fourth-order valence-electron chi connectivity index (χ4n) is 4.30. The van der Waals surface area contributed by atoms with Crippen LogP contribution in [0.4, 0.5) is 0 Å². The average molecular weight is 482 g/mol. The molecule has 0 aliphatic carbocycles. The molecular weight excluding hydrogens is 446 g/mol. The van der Waals surface area contributed by atoms with Gasteiger partial charge in [0.05, 0.1) is 17.6 Å². The summed E-state index contributed by atoms with van der Waals surface area (Å²) in [6, 6.07) is 26.4. The highest BCUT2D eigenvalue weighted by atomic mass is 16.5. The molecule has 1 N–H and O–H groups in total. The normalized spacial score (nSPS) is 12.2. The fraction of sp³-hybridized carbons (Fsp3) is 0.290. The van der Waals surface area contributed by atoms with Crippen LogP contribution in [0.15, 0.2) is 84.9 Å². The van der Waals surface area contributed by atoms with Crippen molar-refractivity contribution in [2.75, 3.05) is 13.2 Å². The molecule has 0 spiro atoms. The number of hydrogen-bond donors (Lipinski definition) is 1. The Morgan fingerprint density at radius 2 is 1.78 bits per heavy atom. The molecule has 4 aromatic rings. The van der Waals surface area contributed by atoms with Gasteiger partial charge in [-0.3, -0.25) is 4.79 Å². The minimum atomic E-state index is -0.0827. The lowest BCUT2D eigenvalue weighted by atomic mass is 9.98. The standard InChI is InChI=1S/C31H35N3O2/c1-3-24(2)26-14-7-10-17-29(26)36-23-22-34-28-16-9-8-15-27(28)33-30(34)18-11-21-32-31(35)20-19-25-12-5-4-6-13-25/h4-10,12-17,19-20,24H,3,11,18,21-23H2,1-2H3,(H,32,35)/b20-19+. The minimum absolute atomic E-state index is 0.0827. The van der Waals surface area contributed by atoms with E-state index in [2.05, 4.69) is 48.0 Å². The summed E-state index contributed by atoms with van der Waals surface area (Å²) in [7, 11) is 0. The molecule has 1 amide bonds. The van der Waals surface area contributed by atoms with Gasteiger partial charge >= 0.3 is 0 Å². The third-order valence-electron chi connectivity index (χ3n) is 6.47. The highest BCUT2D eigenvalue weighted by Crippen LogP contribution is 2.28. The number of carbonyl (C=O) groups excluding carboxylic acids is 1. The average Bonchev–Trinajstić information content (AvgIpc) is 3.27. The van der Waals surface area contributed by atoms with Crippen molar-refractivity contribution in [1.29, 1.82) is 0 Å². The van der Waals surface area contributed by atoms with Crippen molar-refractivity contribution in [2.24, 2.45) is 0 Å². The maximum absolute atomic E-state index is 12.2. The lowest BCUT2D eigenvalue weighted by molar-refractivity contribution is -0.116. The smallest absolute Gasteiger partial charge is 0.243 e. The van der Waals surface area contributed by atoms with E-state index in [0.29, 0.717) is 19.1 Å². The summed E-state index contributed by atoms with van der Waals surface area (Å²) in [5.41, 5.74) is 4.37. The van der Waals surface area contributed by atoms with Crippen molar-refractivity contribution in [3.63, 3.8) is 0 Å². The third-order valence-corrected chi connectivity index (χ3v) is 6.47. The van der Waals surface area contributed by atoms with Gasteiger partial charge in [-0.05, 0) is 54.2 Å². The number of ether oxygens (including phenoxy) is 1. The van der Waals surface area contributed by atoms with Crippen molar-refractivity contribution in [1.82, 2.24) is 14.9 Å².